The van der Waals surface area contributed by atoms with Crippen molar-refractivity contribution in [2.75, 3.05) is 18.0 Å². The number of halogens is 2. The standard InChI is InChI=1S/C13H16F2N2/c1-3-5-8-17(4-2)11-7-6-10(9-16)12(14)13(11)15/h6-7H,3-5,8H2,1-2H3. The van der Waals surface area contributed by atoms with Gasteiger partial charge in [-0.3, -0.25) is 0 Å². The number of benzene rings is 1. The average molecular weight is 238 g/mol. The Morgan fingerprint density at radius 3 is 2.47 bits per heavy atom. The lowest BCUT2D eigenvalue weighted by Gasteiger charge is -2.23. The fourth-order valence-corrected chi connectivity index (χ4v) is 1.67. The molecule has 0 fully saturated rings. The number of hydrogen-bond donors (Lipinski definition) is 0. The molecule has 0 aliphatic carbocycles. The van der Waals surface area contributed by atoms with E-state index >= 15 is 0 Å². The van der Waals surface area contributed by atoms with E-state index in [4.69, 9.17) is 5.26 Å². The summed E-state index contributed by atoms with van der Waals surface area (Å²) in [5.74, 6) is -1.98. The maximum absolute atomic E-state index is 13.7. The van der Waals surface area contributed by atoms with E-state index in [9.17, 15) is 8.78 Å². The van der Waals surface area contributed by atoms with Crippen LogP contribution in [0.25, 0.3) is 0 Å². The summed E-state index contributed by atoms with van der Waals surface area (Å²) >= 11 is 0. The Hall–Kier alpha value is -1.63. The van der Waals surface area contributed by atoms with Crippen LogP contribution < -0.4 is 4.90 Å². The summed E-state index contributed by atoms with van der Waals surface area (Å²) in [6.45, 7) is 5.24. The molecule has 17 heavy (non-hydrogen) atoms. The molecule has 0 spiro atoms. The quantitative estimate of drug-likeness (QED) is 0.785. The van der Waals surface area contributed by atoms with Gasteiger partial charge in [0.05, 0.1) is 11.3 Å². The second-order valence-corrected chi connectivity index (χ2v) is 3.81. The highest BCUT2D eigenvalue weighted by molar-refractivity contribution is 5.51. The van der Waals surface area contributed by atoms with Gasteiger partial charge >= 0.3 is 0 Å². The molecule has 0 unspecified atom stereocenters. The van der Waals surface area contributed by atoms with Gasteiger partial charge in [-0.25, -0.2) is 8.78 Å². The summed E-state index contributed by atoms with van der Waals surface area (Å²) < 4.78 is 27.2. The van der Waals surface area contributed by atoms with Crippen LogP contribution in [0.4, 0.5) is 14.5 Å². The van der Waals surface area contributed by atoms with Gasteiger partial charge < -0.3 is 4.90 Å². The van der Waals surface area contributed by atoms with Gasteiger partial charge in [0.1, 0.15) is 6.07 Å². The highest BCUT2D eigenvalue weighted by atomic mass is 19.2. The molecule has 0 heterocycles. The molecule has 0 amide bonds. The van der Waals surface area contributed by atoms with Gasteiger partial charge in [-0.2, -0.15) is 5.26 Å². The third-order valence-electron chi connectivity index (χ3n) is 2.69. The van der Waals surface area contributed by atoms with Gasteiger partial charge in [-0.05, 0) is 25.5 Å². The van der Waals surface area contributed by atoms with Crippen LogP contribution in [0, 0.1) is 23.0 Å². The minimum atomic E-state index is -1.06. The van der Waals surface area contributed by atoms with Crippen LogP contribution in [0.5, 0.6) is 0 Å². The largest absolute Gasteiger partial charge is 0.369 e. The van der Waals surface area contributed by atoms with Crippen LogP contribution in [-0.2, 0) is 0 Å². The maximum atomic E-state index is 13.7. The molecule has 0 aliphatic rings. The van der Waals surface area contributed by atoms with Crippen LogP contribution in [0.15, 0.2) is 12.1 Å². The minimum Gasteiger partial charge on any atom is -0.369 e. The first kappa shape index (κ1) is 13.4. The Labute approximate surface area is 100 Å². The number of nitrogens with zero attached hydrogens (tertiary/aromatic N) is 2. The van der Waals surface area contributed by atoms with Crippen LogP contribution in [-0.4, -0.2) is 13.1 Å². The first-order valence-corrected chi connectivity index (χ1v) is 5.78. The summed E-state index contributed by atoms with van der Waals surface area (Å²) in [7, 11) is 0. The predicted octanol–water partition coefficient (Wildman–Crippen LogP) is 3.46. The zero-order valence-electron chi connectivity index (χ0n) is 10.1. The van der Waals surface area contributed by atoms with Crippen molar-refractivity contribution in [1.82, 2.24) is 0 Å². The zero-order chi connectivity index (χ0) is 12.8. The van der Waals surface area contributed by atoms with Gasteiger partial charge in [0.25, 0.3) is 0 Å². The molecule has 4 heteroatoms. The molecule has 0 radical (unpaired) electrons. The number of nitriles is 1. The minimum absolute atomic E-state index is 0.234. The highest BCUT2D eigenvalue weighted by Crippen LogP contribution is 2.24. The van der Waals surface area contributed by atoms with Crippen molar-refractivity contribution in [3.63, 3.8) is 0 Å². The number of anilines is 1. The first-order chi connectivity index (χ1) is 8.15. The van der Waals surface area contributed by atoms with Crippen LogP contribution in [0.1, 0.15) is 32.3 Å². The van der Waals surface area contributed by atoms with Crippen molar-refractivity contribution >= 4 is 5.69 Å². The van der Waals surface area contributed by atoms with Crippen molar-refractivity contribution in [2.45, 2.75) is 26.7 Å². The van der Waals surface area contributed by atoms with Crippen molar-refractivity contribution in [3.05, 3.63) is 29.3 Å². The second kappa shape index (κ2) is 6.19. The van der Waals surface area contributed by atoms with Crippen molar-refractivity contribution in [3.8, 4) is 6.07 Å². The monoisotopic (exact) mass is 238 g/mol. The van der Waals surface area contributed by atoms with E-state index in [-0.39, 0.29) is 11.3 Å². The SMILES string of the molecule is CCCCN(CC)c1ccc(C#N)c(F)c1F. The normalized spacial score (nSPS) is 10.1. The molecule has 92 valence electrons. The lowest BCUT2D eigenvalue weighted by atomic mass is 10.1. The third-order valence-corrected chi connectivity index (χ3v) is 2.69. The summed E-state index contributed by atoms with van der Waals surface area (Å²) in [5.41, 5.74) is -0.0183. The third kappa shape index (κ3) is 2.94. The molecule has 1 rings (SSSR count). The van der Waals surface area contributed by atoms with Gasteiger partial charge in [0.15, 0.2) is 11.6 Å². The van der Waals surface area contributed by atoms with E-state index in [1.807, 2.05) is 13.8 Å². The van der Waals surface area contributed by atoms with Crippen molar-refractivity contribution in [2.24, 2.45) is 0 Å². The molecular formula is C13H16F2N2. The molecule has 2 nitrogen and oxygen atoms in total. The predicted molar refractivity (Wildman–Crippen MR) is 63.9 cm³/mol. The fourth-order valence-electron chi connectivity index (χ4n) is 1.67. The van der Waals surface area contributed by atoms with Gasteiger partial charge in [0.2, 0.25) is 0 Å². The van der Waals surface area contributed by atoms with Gasteiger partial charge in [-0.1, -0.05) is 13.3 Å². The molecule has 0 bridgehead atoms. The number of rotatable bonds is 5. The summed E-state index contributed by atoms with van der Waals surface area (Å²) in [6.07, 6.45) is 1.92. The Bertz CT molecular complexity index is 424. The molecule has 1 aromatic carbocycles. The van der Waals surface area contributed by atoms with Crippen LogP contribution in [0.2, 0.25) is 0 Å². The fraction of sp³-hybridized carbons (Fsp3) is 0.462. The Morgan fingerprint density at radius 1 is 1.24 bits per heavy atom. The molecule has 0 aromatic heterocycles. The topological polar surface area (TPSA) is 27.0 Å². The molecule has 0 aliphatic heterocycles. The molecule has 0 saturated heterocycles. The summed E-state index contributed by atoms with van der Waals surface area (Å²) in [6, 6.07) is 4.42. The lowest BCUT2D eigenvalue weighted by Crippen LogP contribution is -2.25. The zero-order valence-corrected chi connectivity index (χ0v) is 10.1. The van der Waals surface area contributed by atoms with E-state index in [1.54, 1.807) is 11.0 Å². The Balaban J connectivity index is 3.05. The molecule has 0 N–H and O–H groups in total. The molecule has 1 aromatic rings. The average Bonchev–Trinajstić information content (AvgIpc) is 2.35. The van der Waals surface area contributed by atoms with Gasteiger partial charge in [-0.15, -0.1) is 0 Å². The number of hydrogen-bond acceptors (Lipinski definition) is 2. The van der Waals surface area contributed by atoms with E-state index in [0.717, 1.165) is 12.8 Å². The second-order valence-electron chi connectivity index (χ2n) is 3.81. The molecular weight excluding hydrogens is 222 g/mol. The maximum Gasteiger partial charge on any atom is 0.183 e. The smallest absolute Gasteiger partial charge is 0.183 e. The van der Waals surface area contributed by atoms with E-state index in [1.165, 1.54) is 12.1 Å². The highest BCUT2D eigenvalue weighted by Gasteiger charge is 2.16. The molecule has 0 saturated carbocycles. The van der Waals surface area contributed by atoms with Gasteiger partial charge in [0, 0.05) is 13.1 Å². The van der Waals surface area contributed by atoms with E-state index in [2.05, 4.69) is 0 Å². The Morgan fingerprint density at radius 2 is 1.94 bits per heavy atom. The first-order valence-electron chi connectivity index (χ1n) is 5.78. The van der Waals surface area contributed by atoms with Crippen LogP contribution in [0.3, 0.4) is 0 Å². The number of unbranched alkanes of at least 4 members (excludes halogenated alkanes) is 1. The van der Waals surface area contributed by atoms with Crippen molar-refractivity contribution < 1.29 is 8.78 Å². The van der Waals surface area contributed by atoms with Crippen molar-refractivity contribution in [1.29, 1.82) is 5.26 Å². The van der Waals surface area contributed by atoms with E-state index in [0.29, 0.717) is 13.1 Å². The molecule has 0 atom stereocenters. The van der Waals surface area contributed by atoms with E-state index < -0.39 is 11.6 Å². The lowest BCUT2D eigenvalue weighted by molar-refractivity contribution is 0.503. The summed E-state index contributed by atoms with van der Waals surface area (Å²) in [4.78, 5) is 1.78. The Kier molecular flexibility index (Phi) is 4.89. The summed E-state index contributed by atoms with van der Waals surface area (Å²) in [5, 5.41) is 8.60. The van der Waals surface area contributed by atoms with Crippen LogP contribution >= 0.6 is 0 Å².